The Morgan fingerprint density at radius 1 is 0.424 bits per heavy atom. The Balaban J connectivity index is 1.00. The van der Waals surface area contributed by atoms with Gasteiger partial charge in [0, 0.05) is 27.4 Å². The zero-order chi connectivity index (χ0) is 40.0. The molecule has 0 amide bonds. The number of hydrogen-bond donors (Lipinski definition) is 0. The molecule has 288 valence electrons. The highest BCUT2D eigenvalue weighted by molar-refractivity contribution is 7.70. The standard InChI is InChI=1S/C54H46N3OP/c1-59(2,58)50-33-26-43(27-34-50)42-22-29-47(30-23-42)54(36-37-13-28-49(54)35-37)48-31-24-46(25-32-48)53-56-51(44-18-14-40(15-19-44)38-9-5-3-6-10-38)55-52(57-53)45-20-16-41(17-21-45)39-11-7-4-8-12-39/h3-12,14-27,29-34,37,49H,13,28,35-36H2,1-2H3. The van der Waals surface area contributed by atoms with E-state index in [4.69, 9.17) is 15.0 Å². The molecule has 10 rings (SSSR count). The predicted octanol–water partition coefficient (Wildman–Crippen LogP) is 13.2. The minimum absolute atomic E-state index is 0.0304. The van der Waals surface area contributed by atoms with E-state index in [-0.39, 0.29) is 5.41 Å². The van der Waals surface area contributed by atoms with Crippen LogP contribution in [0.2, 0.25) is 0 Å². The van der Waals surface area contributed by atoms with E-state index >= 15 is 0 Å². The van der Waals surface area contributed by atoms with Gasteiger partial charge in [-0.05, 0) is 88.9 Å². The second kappa shape index (κ2) is 15.2. The Kier molecular flexibility index (Phi) is 9.54. The fraction of sp³-hybridized carbons (Fsp3) is 0.167. The molecule has 4 nitrogen and oxygen atoms in total. The van der Waals surface area contributed by atoms with Crippen molar-refractivity contribution < 1.29 is 4.57 Å². The van der Waals surface area contributed by atoms with Crippen molar-refractivity contribution in [3.05, 3.63) is 193 Å². The van der Waals surface area contributed by atoms with Crippen LogP contribution in [0.4, 0.5) is 0 Å². The van der Waals surface area contributed by atoms with Crippen LogP contribution in [-0.4, -0.2) is 28.3 Å². The topological polar surface area (TPSA) is 55.7 Å². The molecule has 2 fully saturated rings. The van der Waals surface area contributed by atoms with Gasteiger partial charge in [0.2, 0.25) is 0 Å². The molecule has 3 atom stereocenters. The predicted molar refractivity (Wildman–Crippen MR) is 244 cm³/mol. The number of fused-ring (bicyclic) bond motifs is 2. The highest BCUT2D eigenvalue weighted by Gasteiger charge is 2.52. The first-order valence-corrected chi connectivity index (χ1v) is 23.4. The van der Waals surface area contributed by atoms with Crippen LogP contribution in [0.3, 0.4) is 0 Å². The summed E-state index contributed by atoms with van der Waals surface area (Å²) < 4.78 is 12.6. The maximum atomic E-state index is 12.6. The average molecular weight is 784 g/mol. The summed E-state index contributed by atoms with van der Waals surface area (Å²) in [5, 5.41) is 0.918. The Morgan fingerprint density at radius 2 is 0.763 bits per heavy atom. The lowest BCUT2D eigenvalue weighted by atomic mass is 9.64. The van der Waals surface area contributed by atoms with E-state index in [9.17, 15) is 4.57 Å². The van der Waals surface area contributed by atoms with Gasteiger partial charge in [0.25, 0.3) is 0 Å². The van der Waals surface area contributed by atoms with E-state index in [1.54, 1.807) is 0 Å². The van der Waals surface area contributed by atoms with Gasteiger partial charge in [-0.25, -0.2) is 15.0 Å². The first-order valence-electron chi connectivity index (χ1n) is 20.8. The van der Waals surface area contributed by atoms with Crippen LogP contribution >= 0.6 is 7.14 Å². The van der Waals surface area contributed by atoms with Crippen LogP contribution in [0, 0.1) is 11.8 Å². The monoisotopic (exact) mass is 783 g/mol. The molecular weight excluding hydrogens is 738 g/mol. The lowest BCUT2D eigenvalue weighted by Crippen LogP contribution is -2.34. The van der Waals surface area contributed by atoms with Gasteiger partial charge in [-0.1, -0.05) is 188 Å². The number of hydrogen-bond acceptors (Lipinski definition) is 4. The highest BCUT2D eigenvalue weighted by Crippen LogP contribution is 2.60. The molecule has 2 saturated carbocycles. The summed E-state index contributed by atoms with van der Waals surface area (Å²) in [4.78, 5) is 15.3. The van der Waals surface area contributed by atoms with E-state index in [0.717, 1.165) is 44.6 Å². The van der Waals surface area contributed by atoms with Gasteiger partial charge in [0.05, 0.1) is 0 Å². The lowest BCUT2D eigenvalue weighted by Gasteiger charge is -2.39. The Hall–Kier alpha value is -6.22. The van der Waals surface area contributed by atoms with Gasteiger partial charge in [0.1, 0.15) is 7.14 Å². The number of benzene rings is 7. The molecular formula is C54H46N3OP. The molecule has 0 N–H and O–H groups in total. The fourth-order valence-corrected chi connectivity index (χ4v) is 10.6. The quantitative estimate of drug-likeness (QED) is 0.137. The van der Waals surface area contributed by atoms with Crippen molar-refractivity contribution in [2.45, 2.75) is 31.1 Å². The minimum atomic E-state index is -2.29. The van der Waals surface area contributed by atoms with Gasteiger partial charge in [-0.15, -0.1) is 0 Å². The number of nitrogens with zero attached hydrogens (tertiary/aromatic N) is 3. The minimum Gasteiger partial charge on any atom is -0.319 e. The van der Waals surface area contributed by atoms with Crippen molar-refractivity contribution in [3.8, 4) is 67.5 Å². The normalized spacial score (nSPS) is 18.5. The molecule has 0 saturated heterocycles. The van der Waals surface area contributed by atoms with E-state index in [2.05, 4.69) is 158 Å². The third-order valence-corrected chi connectivity index (χ3v) is 14.4. The van der Waals surface area contributed by atoms with Crippen molar-refractivity contribution in [2.24, 2.45) is 11.8 Å². The molecule has 0 spiro atoms. The van der Waals surface area contributed by atoms with Crippen LogP contribution in [0.25, 0.3) is 67.5 Å². The summed E-state index contributed by atoms with van der Waals surface area (Å²) in [6.45, 7) is 3.66. The molecule has 7 aromatic carbocycles. The third kappa shape index (κ3) is 7.17. The van der Waals surface area contributed by atoms with E-state index in [0.29, 0.717) is 23.4 Å². The largest absolute Gasteiger partial charge is 0.319 e. The third-order valence-electron chi connectivity index (χ3n) is 12.9. The molecule has 0 aliphatic heterocycles. The molecule has 1 heterocycles. The zero-order valence-corrected chi connectivity index (χ0v) is 34.4. The van der Waals surface area contributed by atoms with E-state index in [1.165, 1.54) is 53.5 Å². The fourth-order valence-electron chi connectivity index (χ4n) is 9.74. The lowest BCUT2D eigenvalue weighted by molar-refractivity contribution is 0.320. The van der Waals surface area contributed by atoms with Crippen molar-refractivity contribution in [1.82, 2.24) is 15.0 Å². The Bertz CT molecular complexity index is 2680. The molecule has 2 aliphatic carbocycles. The van der Waals surface area contributed by atoms with Gasteiger partial charge < -0.3 is 4.57 Å². The maximum Gasteiger partial charge on any atom is 0.164 e. The van der Waals surface area contributed by atoms with Gasteiger partial charge in [-0.2, -0.15) is 0 Å². The number of rotatable bonds is 9. The molecule has 2 aliphatic rings. The van der Waals surface area contributed by atoms with E-state index < -0.39 is 7.14 Å². The summed E-state index contributed by atoms with van der Waals surface area (Å²) in [6, 6.07) is 64.5. The SMILES string of the molecule is CP(C)(=O)c1ccc(-c2ccc(C3(c4ccc(-c5nc(-c6ccc(-c7ccccc7)cc6)nc(-c6ccc(-c7ccccc7)cc6)n5)cc4)CC4CCC3C4)cc2)cc1. The summed E-state index contributed by atoms with van der Waals surface area (Å²) in [6.07, 6.45) is 5.04. The van der Waals surface area contributed by atoms with Crippen LogP contribution < -0.4 is 5.30 Å². The summed E-state index contributed by atoms with van der Waals surface area (Å²) >= 11 is 0. The molecule has 1 aromatic heterocycles. The number of aromatic nitrogens is 3. The second-order valence-electron chi connectivity index (χ2n) is 16.8. The average Bonchev–Trinajstić information content (AvgIpc) is 3.93. The molecule has 5 heteroatoms. The molecule has 2 bridgehead atoms. The van der Waals surface area contributed by atoms with Crippen molar-refractivity contribution >= 4 is 12.4 Å². The zero-order valence-electron chi connectivity index (χ0n) is 33.5. The van der Waals surface area contributed by atoms with Crippen LogP contribution in [0.1, 0.15) is 36.8 Å². The van der Waals surface area contributed by atoms with Crippen molar-refractivity contribution in [2.75, 3.05) is 13.3 Å². The second-order valence-corrected chi connectivity index (χ2v) is 20.0. The first kappa shape index (κ1) is 37.1. The van der Waals surface area contributed by atoms with Crippen molar-refractivity contribution in [3.63, 3.8) is 0 Å². The molecule has 0 radical (unpaired) electrons. The molecule has 3 unspecified atom stereocenters. The van der Waals surface area contributed by atoms with Gasteiger partial charge >= 0.3 is 0 Å². The van der Waals surface area contributed by atoms with Crippen molar-refractivity contribution in [1.29, 1.82) is 0 Å². The summed E-state index contributed by atoms with van der Waals surface area (Å²) in [5.41, 5.74) is 12.6. The Morgan fingerprint density at radius 3 is 1.12 bits per heavy atom. The van der Waals surface area contributed by atoms with Crippen LogP contribution in [-0.2, 0) is 9.98 Å². The van der Waals surface area contributed by atoms with Crippen LogP contribution in [0.5, 0.6) is 0 Å². The summed E-state index contributed by atoms with van der Waals surface area (Å²) in [5.74, 6) is 3.33. The van der Waals surface area contributed by atoms with Crippen LogP contribution in [0.15, 0.2) is 182 Å². The maximum absolute atomic E-state index is 12.6. The molecule has 59 heavy (non-hydrogen) atoms. The first-order chi connectivity index (χ1) is 28.8. The van der Waals surface area contributed by atoms with Gasteiger partial charge in [0.15, 0.2) is 17.5 Å². The van der Waals surface area contributed by atoms with Gasteiger partial charge in [-0.3, -0.25) is 0 Å². The molecule has 8 aromatic rings. The smallest absolute Gasteiger partial charge is 0.164 e. The van der Waals surface area contributed by atoms with E-state index in [1.807, 2.05) is 37.6 Å². The summed E-state index contributed by atoms with van der Waals surface area (Å²) in [7, 11) is -2.29. The highest BCUT2D eigenvalue weighted by atomic mass is 31.2. The Labute approximate surface area is 347 Å².